The predicted molar refractivity (Wildman–Crippen MR) is 92.1 cm³/mol. The molecule has 120 valence electrons. The van der Waals surface area contributed by atoms with Crippen LogP contribution in [0.4, 0.5) is 4.39 Å². The lowest BCUT2D eigenvalue weighted by Crippen LogP contribution is -2.22. The maximum Gasteiger partial charge on any atom is 0.145 e. The SMILES string of the molecule is [2H]C1(c2c(OC)ccc3ccccc23)C(=O)CCc2ccc(F)cc21. The first-order chi connectivity index (χ1) is 12.1. The Morgan fingerprint density at radius 2 is 1.96 bits per heavy atom. The number of Topliss-reactive ketones (excluding diaryl/α,β-unsaturated/α-hetero) is 1. The molecule has 0 fully saturated rings. The van der Waals surface area contributed by atoms with Crippen LogP contribution < -0.4 is 4.74 Å². The first-order valence-electron chi connectivity index (χ1n) is 8.44. The predicted octanol–water partition coefficient (Wildman–Crippen LogP) is 4.63. The number of rotatable bonds is 2. The van der Waals surface area contributed by atoms with Gasteiger partial charge in [-0.2, -0.15) is 0 Å². The van der Waals surface area contributed by atoms with E-state index in [2.05, 4.69) is 0 Å². The fraction of sp³-hybridized carbons (Fsp3) is 0.190. The second-order valence-electron chi connectivity index (χ2n) is 5.96. The normalized spacial score (nSPS) is 20.6. The highest BCUT2D eigenvalue weighted by molar-refractivity contribution is 5.98. The van der Waals surface area contributed by atoms with E-state index >= 15 is 0 Å². The average Bonchev–Trinajstić information content (AvgIpc) is 2.64. The molecule has 4 rings (SSSR count). The van der Waals surface area contributed by atoms with Gasteiger partial charge in [-0.25, -0.2) is 4.39 Å². The standard InChI is InChI=1S/C21H17FO2/c1-24-19-11-8-13-4-2-3-5-16(13)21(19)20-17-12-15(22)9-6-14(17)7-10-18(20)23/h2-6,8-9,11-12,20H,7,10H2,1H3/i20D. The van der Waals surface area contributed by atoms with Crippen molar-refractivity contribution in [3.63, 3.8) is 0 Å². The molecule has 3 heteroatoms. The molecule has 0 radical (unpaired) electrons. The van der Waals surface area contributed by atoms with Crippen molar-refractivity contribution in [3.05, 3.63) is 77.1 Å². The quantitative estimate of drug-likeness (QED) is 0.687. The van der Waals surface area contributed by atoms with Crippen molar-refractivity contribution in [1.82, 2.24) is 0 Å². The van der Waals surface area contributed by atoms with Crippen LogP contribution in [0.2, 0.25) is 0 Å². The first-order valence-corrected chi connectivity index (χ1v) is 7.94. The summed E-state index contributed by atoms with van der Waals surface area (Å²) in [6.07, 6.45) is 0.788. The van der Waals surface area contributed by atoms with Gasteiger partial charge < -0.3 is 4.74 Å². The molecule has 1 aliphatic carbocycles. The lowest BCUT2D eigenvalue weighted by atomic mass is 9.76. The number of fused-ring (bicyclic) bond motifs is 2. The number of benzene rings is 3. The molecule has 1 aliphatic rings. The minimum absolute atomic E-state index is 0.236. The first kappa shape index (κ1) is 13.7. The minimum atomic E-state index is -1.68. The van der Waals surface area contributed by atoms with Crippen molar-refractivity contribution >= 4 is 16.6 Å². The van der Waals surface area contributed by atoms with E-state index in [1.54, 1.807) is 12.1 Å². The number of hydrogen-bond donors (Lipinski definition) is 0. The molecule has 0 spiro atoms. The van der Waals surface area contributed by atoms with Gasteiger partial charge in [0.2, 0.25) is 0 Å². The second-order valence-corrected chi connectivity index (χ2v) is 5.96. The summed E-state index contributed by atoms with van der Waals surface area (Å²) in [5, 5.41) is 1.70. The molecule has 0 N–H and O–H groups in total. The molecule has 0 aromatic heterocycles. The van der Waals surface area contributed by atoms with Gasteiger partial charge in [-0.3, -0.25) is 4.79 Å². The number of methoxy groups -OCH3 is 1. The summed E-state index contributed by atoms with van der Waals surface area (Å²) in [6.45, 7) is 0. The van der Waals surface area contributed by atoms with Crippen molar-refractivity contribution < 1.29 is 15.3 Å². The Balaban J connectivity index is 2.12. The van der Waals surface area contributed by atoms with E-state index in [-0.39, 0.29) is 12.2 Å². The van der Waals surface area contributed by atoms with Crippen molar-refractivity contribution in [2.75, 3.05) is 7.11 Å². The Morgan fingerprint density at radius 3 is 2.79 bits per heavy atom. The van der Waals surface area contributed by atoms with Crippen LogP contribution in [0.3, 0.4) is 0 Å². The van der Waals surface area contributed by atoms with E-state index in [0.717, 1.165) is 16.3 Å². The van der Waals surface area contributed by atoms with Crippen LogP contribution in [0, 0.1) is 5.82 Å². The number of hydrogen-bond acceptors (Lipinski definition) is 2. The molecule has 1 unspecified atom stereocenters. The van der Waals surface area contributed by atoms with Gasteiger partial charge in [0.1, 0.15) is 17.3 Å². The summed E-state index contributed by atoms with van der Waals surface area (Å²) in [7, 11) is 1.52. The molecule has 0 heterocycles. The molecule has 0 aliphatic heterocycles. The maximum absolute atomic E-state index is 14.0. The van der Waals surface area contributed by atoms with Crippen LogP contribution in [-0.2, 0) is 11.2 Å². The number of carbonyl (C=O) groups excluding carboxylic acids is 1. The molecular formula is C21H17FO2. The zero-order valence-corrected chi connectivity index (χ0v) is 13.3. The van der Waals surface area contributed by atoms with Crippen LogP contribution in [0.15, 0.2) is 54.6 Å². The third kappa shape index (κ3) is 2.28. The van der Waals surface area contributed by atoms with E-state index in [9.17, 15) is 10.6 Å². The molecule has 0 bridgehead atoms. The molecule has 3 aromatic carbocycles. The van der Waals surface area contributed by atoms with Crippen LogP contribution in [0.1, 0.15) is 30.4 Å². The molecular weight excluding hydrogens is 303 g/mol. The summed E-state index contributed by atoms with van der Waals surface area (Å²) < 4.78 is 28.6. The van der Waals surface area contributed by atoms with Crippen molar-refractivity contribution in [1.29, 1.82) is 0 Å². The zero-order chi connectivity index (χ0) is 17.6. The fourth-order valence-electron chi connectivity index (χ4n) is 3.48. The highest BCUT2D eigenvalue weighted by Gasteiger charge is 2.32. The van der Waals surface area contributed by atoms with E-state index in [4.69, 9.17) is 4.74 Å². The maximum atomic E-state index is 14.0. The zero-order valence-electron chi connectivity index (χ0n) is 14.3. The van der Waals surface area contributed by atoms with Crippen molar-refractivity contribution in [2.45, 2.75) is 18.7 Å². The van der Waals surface area contributed by atoms with Crippen LogP contribution in [-0.4, -0.2) is 12.9 Å². The lowest BCUT2D eigenvalue weighted by Gasteiger charge is -2.27. The summed E-state index contributed by atoms with van der Waals surface area (Å²) >= 11 is 0. The minimum Gasteiger partial charge on any atom is -0.496 e. The summed E-state index contributed by atoms with van der Waals surface area (Å²) in [5.41, 5.74) is 1.74. The van der Waals surface area contributed by atoms with E-state index in [1.807, 2.05) is 30.3 Å². The van der Waals surface area contributed by atoms with Gasteiger partial charge in [0, 0.05) is 13.4 Å². The van der Waals surface area contributed by atoms with Gasteiger partial charge in [-0.15, -0.1) is 0 Å². The highest BCUT2D eigenvalue weighted by atomic mass is 19.1. The van der Waals surface area contributed by atoms with E-state index < -0.39 is 11.7 Å². The second kappa shape index (κ2) is 5.75. The van der Waals surface area contributed by atoms with Crippen LogP contribution in [0.5, 0.6) is 5.75 Å². The third-order valence-electron chi connectivity index (χ3n) is 4.60. The third-order valence-corrected chi connectivity index (χ3v) is 4.60. The Labute approximate surface area is 141 Å². The summed E-state index contributed by atoms with van der Waals surface area (Å²) in [4.78, 5) is 12.9. The van der Waals surface area contributed by atoms with E-state index in [1.165, 1.54) is 19.2 Å². The largest absolute Gasteiger partial charge is 0.496 e. The smallest absolute Gasteiger partial charge is 0.145 e. The van der Waals surface area contributed by atoms with Gasteiger partial charge in [0.15, 0.2) is 0 Å². The molecule has 1 atom stereocenters. The molecule has 0 saturated carbocycles. The molecule has 2 nitrogen and oxygen atoms in total. The van der Waals surface area contributed by atoms with E-state index in [0.29, 0.717) is 23.3 Å². The molecule has 0 amide bonds. The van der Waals surface area contributed by atoms with Gasteiger partial charge in [-0.05, 0) is 46.5 Å². The van der Waals surface area contributed by atoms with Crippen LogP contribution >= 0.6 is 0 Å². The lowest BCUT2D eigenvalue weighted by molar-refractivity contribution is -0.120. The molecule has 0 saturated heterocycles. The number of halogens is 1. The number of aryl methyl sites for hydroxylation is 1. The van der Waals surface area contributed by atoms with Gasteiger partial charge in [0.25, 0.3) is 0 Å². The Morgan fingerprint density at radius 1 is 1.12 bits per heavy atom. The summed E-state index contributed by atoms with van der Waals surface area (Å²) in [5.74, 6) is -1.88. The van der Waals surface area contributed by atoms with Gasteiger partial charge >= 0.3 is 0 Å². The molecule has 24 heavy (non-hydrogen) atoms. The van der Waals surface area contributed by atoms with Crippen molar-refractivity contribution in [3.8, 4) is 5.75 Å². The monoisotopic (exact) mass is 321 g/mol. The Hall–Kier alpha value is -2.68. The summed E-state index contributed by atoms with van der Waals surface area (Å²) in [6, 6.07) is 15.6. The van der Waals surface area contributed by atoms with Gasteiger partial charge in [0.05, 0.1) is 13.0 Å². The Kier molecular flexibility index (Phi) is 3.29. The number of ketones is 1. The van der Waals surface area contributed by atoms with Crippen molar-refractivity contribution in [2.24, 2.45) is 0 Å². The number of ether oxygens (including phenoxy) is 1. The highest BCUT2D eigenvalue weighted by Crippen LogP contribution is 2.42. The van der Waals surface area contributed by atoms with Crippen LogP contribution in [0.25, 0.3) is 10.8 Å². The Bertz CT molecular complexity index is 998. The molecule has 3 aromatic rings. The fourth-order valence-corrected chi connectivity index (χ4v) is 3.48. The average molecular weight is 321 g/mol. The topological polar surface area (TPSA) is 26.3 Å². The number of carbonyl (C=O) groups is 1. The van der Waals surface area contributed by atoms with Gasteiger partial charge in [-0.1, -0.05) is 36.4 Å².